The number of rotatable bonds is 5. The number of hydrogen-bond acceptors (Lipinski definition) is 4. The van der Waals surface area contributed by atoms with Crippen molar-refractivity contribution in [2.75, 3.05) is 12.4 Å². The molecule has 0 aliphatic rings. The predicted molar refractivity (Wildman–Crippen MR) is 62.2 cm³/mol. The first-order chi connectivity index (χ1) is 8.04. The van der Waals surface area contributed by atoms with Gasteiger partial charge in [0.15, 0.2) is 0 Å². The molecule has 92 valence electrons. The number of nitro groups is 1. The molecule has 1 atom stereocenters. The standard InChI is InChI=1S/C10H11ClN2O4/c11-5-9(14)6-12-10(15)7-1-3-8(4-2-7)13(16)17/h1-4,9,14H,5-6H2,(H,12,15). The highest BCUT2D eigenvalue weighted by Crippen LogP contribution is 2.11. The van der Waals surface area contributed by atoms with Gasteiger partial charge in [-0.15, -0.1) is 11.6 Å². The van der Waals surface area contributed by atoms with Gasteiger partial charge < -0.3 is 10.4 Å². The fourth-order valence-corrected chi connectivity index (χ4v) is 1.21. The molecular formula is C10H11ClN2O4. The lowest BCUT2D eigenvalue weighted by molar-refractivity contribution is -0.384. The van der Waals surface area contributed by atoms with Crippen LogP contribution in [0.2, 0.25) is 0 Å². The van der Waals surface area contributed by atoms with Gasteiger partial charge in [0.05, 0.1) is 16.9 Å². The Morgan fingerprint density at radius 1 is 1.47 bits per heavy atom. The average Bonchev–Trinajstić information content (AvgIpc) is 2.35. The molecule has 2 N–H and O–H groups in total. The molecule has 1 amide bonds. The van der Waals surface area contributed by atoms with E-state index >= 15 is 0 Å². The van der Waals surface area contributed by atoms with Gasteiger partial charge in [-0.2, -0.15) is 0 Å². The number of aliphatic hydroxyl groups is 1. The molecule has 0 fully saturated rings. The summed E-state index contributed by atoms with van der Waals surface area (Å²) in [5, 5.41) is 22.0. The number of carbonyl (C=O) groups excluding carboxylic acids is 1. The van der Waals surface area contributed by atoms with Gasteiger partial charge in [0, 0.05) is 24.2 Å². The smallest absolute Gasteiger partial charge is 0.269 e. The van der Waals surface area contributed by atoms with E-state index in [0.717, 1.165) is 0 Å². The van der Waals surface area contributed by atoms with E-state index in [1.54, 1.807) is 0 Å². The van der Waals surface area contributed by atoms with Crippen molar-refractivity contribution < 1.29 is 14.8 Å². The quantitative estimate of drug-likeness (QED) is 0.467. The van der Waals surface area contributed by atoms with Gasteiger partial charge in [-0.05, 0) is 12.1 Å². The number of benzene rings is 1. The highest BCUT2D eigenvalue weighted by molar-refractivity contribution is 6.18. The summed E-state index contributed by atoms with van der Waals surface area (Å²) in [5.74, 6) is -0.385. The first kappa shape index (κ1) is 13.4. The third-order valence-corrected chi connectivity index (χ3v) is 2.37. The molecule has 0 saturated heterocycles. The number of aliphatic hydroxyl groups excluding tert-OH is 1. The number of nitrogens with zero attached hydrogens (tertiary/aromatic N) is 1. The first-order valence-electron chi connectivity index (χ1n) is 4.81. The highest BCUT2D eigenvalue weighted by Gasteiger charge is 2.10. The first-order valence-corrected chi connectivity index (χ1v) is 5.34. The molecule has 0 heterocycles. The molecule has 1 aromatic rings. The maximum absolute atomic E-state index is 11.5. The molecule has 0 aromatic heterocycles. The fourth-order valence-electron chi connectivity index (χ4n) is 1.10. The van der Waals surface area contributed by atoms with E-state index in [9.17, 15) is 14.9 Å². The number of non-ortho nitro benzene ring substituents is 1. The van der Waals surface area contributed by atoms with Crippen molar-refractivity contribution in [3.05, 3.63) is 39.9 Å². The maximum atomic E-state index is 11.5. The Bertz CT molecular complexity index is 407. The van der Waals surface area contributed by atoms with Crippen molar-refractivity contribution in [2.24, 2.45) is 0 Å². The van der Waals surface area contributed by atoms with E-state index in [-0.39, 0.29) is 23.7 Å². The Kier molecular flexibility index (Phi) is 4.86. The molecule has 1 unspecified atom stereocenters. The summed E-state index contributed by atoms with van der Waals surface area (Å²) in [6.07, 6.45) is -0.807. The zero-order valence-corrected chi connectivity index (χ0v) is 9.55. The zero-order valence-electron chi connectivity index (χ0n) is 8.80. The molecule has 0 bridgehead atoms. The molecular weight excluding hydrogens is 248 g/mol. The van der Waals surface area contributed by atoms with Gasteiger partial charge >= 0.3 is 0 Å². The SMILES string of the molecule is O=C(NCC(O)CCl)c1ccc([N+](=O)[O-])cc1. The summed E-state index contributed by atoms with van der Waals surface area (Å²) in [4.78, 5) is 21.4. The van der Waals surface area contributed by atoms with Crippen LogP contribution in [-0.4, -0.2) is 34.5 Å². The number of nitro benzene ring substituents is 1. The molecule has 1 rings (SSSR count). The van der Waals surface area contributed by atoms with Crippen LogP contribution in [0.1, 0.15) is 10.4 Å². The molecule has 17 heavy (non-hydrogen) atoms. The van der Waals surface area contributed by atoms with Crippen LogP contribution in [-0.2, 0) is 0 Å². The molecule has 1 aromatic carbocycles. The summed E-state index contributed by atoms with van der Waals surface area (Å²) in [6.45, 7) is 0.0410. The van der Waals surface area contributed by atoms with Crippen LogP contribution in [0.15, 0.2) is 24.3 Å². The normalized spacial score (nSPS) is 11.9. The lowest BCUT2D eigenvalue weighted by Gasteiger charge is -2.08. The van der Waals surface area contributed by atoms with Crippen LogP contribution in [0.5, 0.6) is 0 Å². The number of amides is 1. The third kappa shape index (κ3) is 4.01. The summed E-state index contributed by atoms with van der Waals surface area (Å²) in [7, 11) is 0. The van der Waals surface area contributed by atoms with Crippen molar-refractivity contribution in [3.63, 3.8) is 0 Å². The van der Waals surface area contributed by atoms with E-state index in [1.165, 1.54) is 24.3 Å². The van der Waals surface area contributed by atoms with Gasteiger partial charge in [0.1, 0.15) is 0 Å². The molecule has 0 saturated carbocycles. The van der Waals surface area contributed by atoms with Gasteiger partial charge in [0.2, 0.25) is 0 Å². The Balaban J connectivity index is 2.61. The van der Waals surface area contributed by atoms with Gasteiger partial charge in [-0.25, -0.2) is 0 Å². The Labute approximate surface area is 102 Å². The predicted octanol–water partition coefficient (Wildman–Crippen LogP) is 0.924. The zero-order chi connectivity index (χ0) is 12.8. The van der Waals surface area contributed by atoms with Crippen LogP contribution in [0.4, 0.5) is 5.69 Å². The van der Waals surface area contributed by atoms with Crippen LogP contribution >= 0.6 is 11.6 Å². The van der Waals surface area contributed by atoms with Crippen LogP contribution in [0.3, 0.4) is 0 Å². The average molecular weight is 259 g/mol. The second kappa shape index (κ2) is 6.17. The topological polar surface area (TPSA) is 92.5 Å². The molecule has 0 aliphatic carbocycles. The Morgan fingerprint density at radius 2 is 2.06 bits per heavy atom. The number of carbonyl (C=O) groups is 1. The lowest BCUT2D eigenvalue weighted by atomic mass is 10.2. The van der Waals surface area contributed by atoms with Crippen LogP contribution < -0.4 is 5.32 Å². The number of halogens is 1. The van der Waals surface area contributed by atoms with E-state index in [0.29, 0.717) is 0 Å². The maximum Gasteiger partial charge on any atom is 0.269 e. The largest absolute Gasteiger partial charge is 0.390 e. The summed E-state index contributed by atoms with van der Waals surface area (Å²) in [6, 6.07) is 5.18. The van der Waals surface area contributed by atoms with E-state index < -0.39 is 16.9 Å². The minimum atomic E-state index is -0.807. The summed E-state index contributed by atoms with van der Waals surface area (Å²) in [5.41, 5.74) is 0.208. The molecule has 0 aliphatic heterocycles. The second-order valence-electron chi connectivity index (χ2n) is 3.32. The number of hydrogen-bond donors (Lipinski definition) is 2. The highest BCUT2D eigenvalue weighted by atomic mass is 35.5. The van der Waals surface area contributed by atoms with Crippen molar-refractivity contribution in [1.29, 1.82) is 0 Å². The van der Waals surface area contributed by atoms with E-state index in [1.807, 2.05) is 0 Å². The van der Waals surface area contributed by atoms with E-state index in [2.05, 4.69) is 5.32 Å². The Hall–Kier alpha value is -1.66. The van der Waals surface area contributed by atoms with Gasteiger partial charge in [0.25, 0.3) is 11.6 Å². The monoisotopic (exact) mass is 258 g/mol. The third-order valence-electron chi connectivity index (χ3n) is 2.02. The number of nitrogens with one attached hydrogen (secondary N) is 1. The fraction of sp³-hybridized carbons (Fsp3) is 0.300. The minimum Gasteiger partial charge on any atom is -0.390 e. The number of alkyl halides is 1. The van der Waals surface area contributed by atoms with Gasteiger partial charge in [-0.3, -0.25) is 14.9 Å². The van der Waals surface area contributed by atoms with Crippen LogP contribution in [0.25, 0.3) is 0 Å². The second-order valence-corrected chi connectivity index (χ2v) is 3.63. The van der Waals surface area contributed by atoms with Crippen molar-refractivity contribution >= 4 is 23.2 Å². The van der Waals surface area contributed by atoms with Gasteiger partial charge in [-0.1, -0.05) is 0 Å². The van der Waals surface area contributed by atoms with Crippen molar-refractivity contribution in [3.8, 4) is 0 Å². The molecule has 0 radical (unpaired) electrons. The van der Waals surface area contributed by atoms with Crippen molar-refractivity contribution in [1.82, 2.24) is 5.32 Å². The lowest BCUT2D eigenvalue weighted by Crippen LogP contribution is -2.32. The van der Waals surface area contributed by atoms with Crippen LogP contribution in [0, 0.1) is 10.1 Å². The van der Waals surface area contributed by atoms with Crippen molar-refractivity contribution in [2.45, 2.75) is 6.10 Å². The Morgan fingerprint density at radius 3 is 2.53 bits per heavy atom. The minimum absolute atomic E-state index is 0.0283. The van der Waals surface area contributed by atoms with E-state index in [4.69, 9.17) is 16.7 Å². The molecule has 7 heteroatoms. The summed E-state index contributed by atoms with van der Waals surface area (Å²) < 4.78 is 0. The molecule has 0 spiro atoms. The molecule has 6 nitrogen and oxygen atoms in total. The summed E-state index contributed by atoms with van der Waals surface area (Å²) >= 11 is 5.36.